The van der Waals surface area contributed by atoms with Crippen LogP contribution in [0.25, 0.3) is 0 Å². The Morgan fingerprint density at radius 2 is 1.70 bits per heavy atom. The molecule has 0 spiro atoms. The molecule has 1 amide bonds. The van der Waals surface area contributed by atoms with Gasteiger partial charge in [-0.25, -0.2) is 0 Å². The van der Waals surface area contributed by atoms with E-state index in [0.29, 0.717) is 0 Å². The molecule has 0 aliphatic rings. The first-order valence-corrected chi connectivity index (χ1v) is 9.40. The van der Waals surface area contributed by atoms with E-state index in [1.54, 1.807) is 21.3 Å². The SMILES string of the molecule is C=CC(=O)NC(C)(C)C[N+](C)(C)CCC[Si](OC)(OC)OC.[Cl-]. The van der Waals surface area contributed by atoms with Crippen LogP contribution < -0.4 is 17.7 Å². The normalized spacial score (nSPS) is 12.5. The lowest BCUT2D eigenvalue weighted by Gasteiger charge is -2.38. The van der Waals surface area contributed by atoms with Gasteiger partial charge in [-0.3, -0.25) is 4.79 Å². The molecule has 0 fully saturated rings. The predicted molar refractivity (Wildman–Crippen MR) is 90.5 cm³/mol. The van der Waals surface area contributed by atoms with Crippen LogP contribution in [-0.4, -0.2) is 73.2 Å². The molecule has 0 aromatic heterocycles. The minimum atomic E-state index is -2.50. The zero-order valence-corrected chi connectivity index (χ0v) is 17.3. The van der Waals surface area contributed by atoms with Crippen molar-refractivity contribution < 1.29 is 35.0 Å². The molecule has 0 aromatic carbocycles. The van der Waals surface area contributed by atoms with Crippen LogP contribution in [-0.2, 0) is 18.1 Å². The summed E-state index contributed by atoms with van der Waals surface area (Å²) in [5.74, 6) is -0.144. The van der Waals surface area contributed by atoms with Gasteiger partial charge in [-0.1, -0.05) is 6.58 Å². The van der Waals surface area contributed by atoms with Gasteiger partial charge < -0.3 is 35.5 Å². The quantitative estimate of drug-likeness (QED) is 0.271. The number of hydrogen-bond acceptors (Lipinski definition) is 4. The lowest BCUT2D eigenvalue weighted by molar-refractivity contribution is -0.893. The molecule has 6 nitrogen and oxygen atoms in total. The summed E-state index contributed by atoms with van der Waals surface area (Å²) in [4.78, 5) is 11.5. The molecule has 0 aromatic rings. The summed E-state index contributed by atoms with van der Waals surface area (Å²) in [6.07, 6.45) is 2.23. The first-order chi connectivity index (χ1) is 10.1. The predicted octanol–water partition coefficient (Wildman–Crippen LogP) is -1.58. The van der Waals surface area contributed by atoms with Gasteiger partial charge in [0.05, 0.1) is 26.2 Å². The highest BCUT2D eigenvalue weighted by Gasteiger charge is 2.38. The molecule has 0 saturated heterocycles. The van der Waals surface area contributed by atoms with E-state index in [1.165, 1.54) is 6.08 Å². The number of carbonyl (C=O) groups is 1. The van der Waals surface area contributed by atoms with Gasteiger partial charge in [0, 0.05) is 33.8 Å². The molecule has 0 saturated carbocycles. The number of nitrogens with one attached hydrogen (secondary N) is 1. The topological polar surface area (TPSA) is 56.8 Å². The molecule has 0 aliphatic heterocycles. The maximum Gasteiger partial charge on any atom is 0.500 e. The minimum absolute atomic E-state index is 0. The molecule has 0 heterocycles. The Balaban J connectivity index is 0. The summed E-state index contributed by atoms with van der Waals surface area (Å²) in [6, 6.07) is 0.775. The zero-order valence-electron chi connectivity index (χ0n) is 15.6. The van der Waals surface area contributed by atoms with Crippen molar-refractivity contribution in [2.24, 2.45) is 0 Å². The molecule has 0 rings (SSSR count). The summed E-state index contributed by atoms with van der Waals surface area (Å²) in [5.41, 5.74) is -0.299. The zero-order chi connectivity index (χ0) is 17.4. The van der Waals surface area contributed by atoms with Gasteiger partial charge >= 0.3 is 8.80 Å². The standard InChI is InChI=1S/C15H32N2O4Si.ClH/c1-9-14(18)16-15(2,3)13-17(4,5)11-10-12-22(19-6,20-7)21-8;/h9H,1,10-13H2,2-8H3;1H. The summed E-state index contributed by atoms with van der Waals surface area (Å²) < 4.78 is 17.1. The van der Waals surface area contributed by atoms with E-state index in [1.807, 2.05) is 13.8 Å². The minimum Gasteiger partial charge on any atom is -1.00 e. The monoisotopic (exact) mass is 368 g/mol. The van der Waals surface area contributed by atoms with E-state index >= 15 is 0 Å². The molecule has 138 valence electrons. The molecule has 0 atom stereocenters. The summed E-state index contributed by atoms with van der Waals surface area (Å²) >= 11 is 0. The number of quaternary nitrogens is 1. The van der Waals surface area contributed by atoms with Crippen molar-refractivity contribution in [1.82, 2.24) is 5.32 Å². The Bertz CT molecular complexity index is 366. The van der Waals surface area contributed by atoms with E-state index in [2.05, 4.69) is 26.0 Å². The van der Waals surface area contributed by atoms with Gasteiger partial charge in [0.25, 0.3) is 0 Å². The molecule has 0 unspecified atom stereocenters. The average molecular weight is 369 g/mol. The third kappa shape index (κ3) is 9.44. The second kappa shape index (κ2) is 10.4. The van der Waals surface area contributed by atoms with E-state index in [-0.39, 0.29) is 23.9 Å². The lowest BCUT2D eigenvalue weighted by Crippen LogP contribution is -3.00. The molecule has 8 heteroatoms. The first-order valence-electron chi connectivity index (χ1n) is 7.47. The molecule has 0 aliphatic carbocycles. The lowest BCUT2D eigenvalue weighted by atomic mass is 10.0. The van der Waals surface area contributed by atoms with Crippen LogP contribution in [0, 0.1) is 0 Å². The number of halogens is 1. The van der Waals surface area contributed by atoms with Gasteiger partial charge in [0.1, 0.15) is 6.54 Å². The maximum atomic E-state index is 11.5. The smallest absolute Gasteiger partial charge is 0.500 e. The van der Waals surface area contributed by atoms with Gasteiger partial charge in [-0.05, 0) is 19.9 Å². The molecular weight excluding hydrogens is 336 g/mol. The fraction of sp³-hybridized carbons (Fsp3) is 0.800. The van der Waals surface area contributed by atoms with Crippen LogP contribution in [0.15, 0.2) is 12.7 Å². The number of amides is 1. The van der Waals surface area contributed by atoms with E-state index in [9.17, 15) is 4.79 Å². The first kappa shape index (κ1) is 24.8. The molecule has 1 N–H and O–H groups in total. The van der Waals surface area contributed by atoms with E-state index < -0.39 is 8.80 Å². The molecule has 0 radical (unpaired) electrons. The third-order valence-electron chi connectivity index (χ3n) is 3.65. The average Bonchev–Trinajstić information content (AvgIpc) is 2.42. The highest BCUT2D eigenvalue weighted by Crippen LogP contribution is 2.18. The van der Waals surface area contributed by atoms with Crippen molar-refractivity contribution in [3.8, 4) is 0 Å². The Labute approximate surface area is 148 Å². The fourth-order valence-corrected chi connectivity index (χ4v) is 4.56. The summed E-state index contributed by atoms with van der Waals surface area (Å²) in [6.45, 7) is 9.29. The van der Waals surface area contributed by atoms with Crippen molar-refractivity contribution >= 4 is 14.7 Å². The van der Waals surface area contributed by atoms with Crippen molar-refractivity contribution in [3.05, 3.63) is 12.7 Å². The van der Waals surface area contributed by atoms with E-state index in [4.69, 9.17) is 13.3 Å². The van der Waals surface area contributed by atoms with Gasteiger partial charge in [-0.15, -0.1) is 0 Å². The van der Waals surface area contributed by atoms with Crippen LogP contribution >= 0.6 is 0 Å². The highest BCUT2D eigenvalue weighted by molar-refractivity contribution is 6.60. The number of hydrogen-bond donors (Lipinski definition) is 1. The molecule has 0 bridgehead atoms. The van der Waals surface area contributed by atoms with Crippen LogP contribution in [0.1, 0.15) is 20.3 Å². The van der Waals surface area contributed by atoms with Gasteiger partial charge in [0.2, 0.25) is 5.91 Å². The van der Waals surface area contributed by atoms with Crippen LogP contribution in [0.4, 0.5) is 0 Å². The second-order valence-corrected chi connectivity index (χ2v) is 9.88. The Morgan fingerprint density at radius 1 is 1.22 bits per heavy atom. The number of nitrogens with zero attached hydrogens (tertiary/aromatic N) is 1. The molecular formula is C15H33ClN2O4Si. The summed E-state index contributed by atoms with van der Waals surface area (Å²) in [5, 5.41) is 2.96. The van der Waals surface area contributed by atoms with E-state index in [0.717, 1.165) is 30.0 Å². The third-order valence-corrected chi connectivity index (χ3v) is 6.48. The molecule has 23 heavy (non-hydrogen) atoms. The van der Waals surface area contributed by atoms with Gasteiger partial charge in [-0.2, -0.15) is 0 Å². The van der Waals surface area contributed by atoms with Crippen LogP contribution in [0.5, 0.6) is 0 Å². The Hall–Kier alpha value is -0.443. The largest absolute Gasteiger partial charge is 1.00 e. The Kier molecular flexibility index (Phi) is 11.2. The van der Waals surface area contributed by atoms with Crippen LogP contribution in [0.3, 0.4) is 0 Å². The second-order valence-electron chi connectivity index (χ2n) is 6.79. The summed E-state index contributed by atoms with van der Waals surface area (Å²) in [7, 11) is 6.70. The number of carbonyl (C=O) groups excluding carboxylic acids is 1. The van der Waals surface area contributed by atoms with Crippen LogP contribution in [0.2, 0.25) is 6.04 Å². The fourth-order valence-electron chi connectivity index (χ4n) is 2.85. The van der Waals surface area contributed by atoms with Crippen molar-refractivity contribution in [3.63, 3.8) is 0 Å². The van der Waals surface area contributed by atoms with Gasteiger partial charge in [0.15, 0.2) is 0 Å². The number of rotatable bonds is 11. The maximum absolute atomic E-state index is 11.5. The Morgan fingerprint density at radius 3 is 2.09 bits per heavy atom. The van der Waals surface area contributed by atoms with Crippen molar-refractivity contribution in [2.45, 2.75) is 31.9 Å². The number of likely N-dealkylation sites (N-methyl/N-ethyl adjacent to an activating group) is 1. The van der Waals surface area contributed by atoms with Crippen molar-refractivity contribution in [1.29, 1.82) is 0 Å². The highest BCUT2D eigenvalue weighted by atomic mass is 35.5. The van der Waals surface area contributed by atoms with Crippen molar-refractivity contribution in [2.75, 3.05) is 48.5 Å².